The van der Waals surface area contributed by atoms with Gasteiger partial charge in [0, 0.05) is 29.3 Å². The van der Waals surface area contributed by atoms with Gasteiger partial charge in [0.1, 0.15) is 11.6 Å². The Morgan fingerprint density at radius 2 is 1.74 bits per heavy atom. The molecule has 0 radical (unpaired) electrons. The molecular formula is C27H29ClF6N4O4. The number of rotatable bonds is 8. The van der Waals surface area contributed by atoms with Crippen LogP contribution in [0.25, 0.3) is 0 Å². The van der Waals surface area contributed by atoms with Crippen LogP contribution in [0.5, 0.6) is 5.75 Å². The van der Waals surface area contributed by atoms with Gasteiger partial charge in [-0.1, -0.05) is 11.6 Å². The lowest BCUT2D eigenvalue weighted by Gasteiger charge is -2.41. The average molecular weight is 623 g/mol. The minimum absolute atomic E-state index is 0.0136. The van der Waals surface area contributed by atoms with E-state index in [1.165, 1.54) is 32.2 Å². The Kier molecular flexibility index (Phi) is 8.89. The Bertz CT molecular complexity index is 1290. The van der Waals surface area contributed by atoms with Crippen molar-refractivity contribution in [3.63, 3.8) is 0 Å². The molecule has 0 saturated carbocycles. The molecule has 8 nitrogen and oxygen atoms in total. The van der Waals surface area contributed by atoms with Crippen molar-refractivity contribution >= 4 is 29.2 Å². The van der Waals surface area contributed by atoms with E-state index in [0.717, 1.165) is 25.0 Å². The predicted octanol–water partition coefficient (Wildman–Crippen LogP) is 4.88. The van der Waals surface area contributed by atoms with E-state index < -0.39 is 53.7 Å². The highest BCUT2D eigenvalue weighted by molar-refractivity contribution is 6.30. The minimum atomic E-state index is -4.85. The lowest BCUT2D eigenvalue weighted by molar-refractivity contribution is -0.201. The van der Waals surface area contributed by atoms with E-state index in [2.05, 4.69) is 15.2 Å². The van der Waals surface area contributed by atoms with E-state index >= 15 is 0 Å². The molecule has 2 saturated heterocycles. The monoisotopic (exact) mass is 622 g/mol. The van der Waals surface area contributed by atoms with Crippen LogP contribution >= 0.6 is 11.6 Å². The molecule has 4 rings (SSSR count). The highest BCUT2D eigenvalue weighted by Crippen LogP contribution is 2.40. The van der Waals surface area contributed by atoms with Crippen LogP contribution in [0.3, 0.4) is 0 Å². The molecule has 1 aromatic carbocycles. The number of halogens is 7. The smallest absolute Gasteiger partial charge is 0.420 e. The van der Waals surface area contributed by atoms with E-state index in [-0.39, 0.29) is 28.7 Å². The highest BCUT2D eigenvalue weighted by atomic mass is 35.5. The zero-order valence-corrected chi connectivity index (χ0v) is 23.3. The number of carbonyl (C=O) groups is 2. The summed E-state index contributed by atoms with van der Waals surface area (Å²) in [6.07, 6.45) is -8.35. The van der Waals surface area contributed by atoms with E-state index in [1.807, 2.05) is 5.32 Å². The number of hydrogen-bond donors (Lipinski definition) is 3. The summed E-state index contributed by atoms with van der Waals surface area (Å²) < 4.78 is 83.4. The van der Waals surface area contributed by atoms with Crippen molar-refractivity contribution in [2.75, 3.05) is 11.4 Å². The number of hydrogen-bond acceptors (Lipinski definition) is 6. The van der Waals surface area contributed by atoms with Crippen LogP contribution in [-0.2, 0) is 11.0 Å². The van der Waals surface area contributed by atoms with Gasteiger partial charge in [0.2, 0.25) is 0 Å². The molecule has 230 valence electrons. The van der Waals surface area contributed by atoms with Gasteiger partial charge < -0.3 is 25.4 Å². The Balaban J connectivity index is 1.36. The van der Waals surface area contributed by atoms with Crippen molar-refractivity contribution in [1.82, 2.24) is 15.6 Å². The van der Waals surface area contributed by atoms with Gasteiger partial charge in [-0.2, -0.15) is 26.3 Å². The maximum Gasteiger partial charge on any atom is 0.420 e. The van der Waals surface area contributed by atoms with Crippen molar-refractivity contribution < 1.29 is 45.8 Å². The molecule has 2 amide bonds. The molecule has 2 aliphatic rings. The second kappa shape index (κ2) is 11.8. The summed E-state index contributed by atoms with van der Waals surface area (Å²) in [5, 5.41) is 13.9. The Labute approximate surface area is 242 Å². The van der Waals surface area contributed by atoms with Gasteiger partial charge in [0.05, 0.1) is 17.7 Å². The maximum atomic E-state index is 13.5. The molecule has 2 aliphatic heterocycles. The minimum Gasteiger partial charge on any atom is -0.477 e. The Morgan fingerprint density at radius 1 is 1.10 bits per heavy atom. The normalized spacial score (nSPS) is 21.6. The highest BCUT2D eigenvalue weighted by Gasteiger charge is 2.44. The first kappa shape index (κ1) is 31.7. The summed E-state index contributed by atoms with van der Waals surface area (Å²) in [6, 6.07) is 5.78. The van der Waals surface area contributed by atoms with E-state index in [4.69, 9.17) is 21.4 Å². The molecule has 15 heteroatoms. The van der Waals surface area contributed by atoms with Gasteiger partial charge in [0.25, 0.3) is 11.8 Å². The number of benzene rings is 1. The van der Waals surface area contributed by atoms with Gasteiger partial charge >= 0.3 is 12.4 Å². The Hall–Kier alpha value is -3.26. The maximum absolute atomic E-state index is 13.5. The molecular weight excluding hydrogens is 594 g/mol. The zero-order chi connectivity index (χ0) is 31.0. The number of nitrogens with zero attached hydrogens (tertiary/aromatic N) is 2. The SMILES string of the molecule is CC(C)(Oc1ccc(Cl)cc1C(F)(F)F)C(=O)NC1C[C@H]2CC[C@@H](C1)N2c1ccc(C(=O)NCC(O)C(F)(F)F)cn1. The number of piperidine rings is 1. The van der Waals surface area contributed by atoms with Crippen molar-refractivity contribution in [3.05, 3.63) is 52.7 Å². The van der Waals surface area contributed by atoms with Crippen molar-refractivity contribution in [1.29, 1.82) is 0 Å². The number of carbonyl (C=O) groups excluding carboxylic acids is 2. The largest absolute Gasteiger partial charge is 0.477 e. The number of aliphatic hydroxyl groups is 1. The van der Waals surface area contributed by atoms with Crippen LogP contribution < -0.4 is 20.3 Å². The molecule has 2 fully saturated rings. The summed E-state index contributed by atoms with van der Waals surface area (Å²) in [5.74, 6) is -1.34. The second-order valence-electron chi connectivity index (χ2n) is 10.9. The fraction of sp³-hybridized carbons (Fsp3) is 0.519. The van der Waals surface area contributed by atoms with Crippen LogP contribution in [-0.4, -0.2) is 64.5 Å². The number of ether oxygens (including phenoxy) is 1. The van der Waals surface area contributed by atoms with Crippen LogP contribution in [0, 0.1) is 0 Å². The van der Waals surface area contributed by atoms with Crippen LogP contribution in [0.2, 0.25) is 5.02 Å². The number of aromatic nitrogens is 1. The number of anilines is 1. The number of pyridine rings is 1. The summed E-state index contributed by atoms with van der Waals surface area (Å²) in [6.45, 7) is 1.77. The van der Waals surface area contributed by atoms with E-state index in [9.17, 15) is 35.9 Å². The fourth-order valence-corrected chi connectivity index (χ4v) is 5.41. The number of fused-ring (bicyclic) bond motifs is 2. The molecule has 42 heavy (non-hydrogen) atoms. The summed E-state index contributed by atoms with van der Waals surface area (Å²) in [7, 11) is 0. The average Bonchev–Trinajstić information content (AvgIpc) is 3.16. The molecule has 0 aliphatic carbocycles. The number of alkyl halides is 6. The summed E-state index contributed by atoms with van der Waals surface area (Å²) in [4.78, 5) is 31.7. The molecule has 2 bridgehead atoms. The first-order valence-corrected chi connectivity index (χ1v) is 13.5. The van der Waals surface area contributed by atoms with Crippen LogP contribution in [0.15, 0.2) is 36.5 Å². The van der Waals surface area contributed by atoms with Crippen molar-refractivity contribution in [2.24, 2.45) is 0 Å². The second-order valence-corrected chi connectivity index (χ2v) is 11.3. The lowest BCUT2D eigenvalue weighted by atomic mass is 9.96. The lowest BCUT2D eigenvalue weighted by Crippen LogP contribution is -2.55. The quantitative estimate of drug-likeness (QED) is 0.363. The summed E-state index contributed by atoms with van der Waals surface area (Å²) >= 11 is 5.73. The molecule has 0 spiro atoms. The molecule has 1 aromatic heterocycles. The van der Waals surface area contributed by atoms with Gasteiger partial charge in [-0.25, -0.2) is 4.98 Å². The van der Waals surface area contributed by atoms with Crippen molar-refractivity contribution in [3.8, 4) is 5.75 Å². The van der Waals surface area contributed by atoms with Gasteiger partial charge in [-0.3, -0.25) is 9.59 Å². The summed E-state index contributed by atoms with van der Waals surface area (Å²) in [5.41, 5.74) is -2.69. The van der Waals surface area contributed by atoms with Crippen molar-refractivity contribution in [2.45, 2.75) is 81.7 Å². The van der Waals surface area contributed by atoms with E-state index in [0.29, 0.717) is 18.7 Å². The van der Waals surface area contributed by atoms with Gasteiger partial charge in [-0.15, -0.1) is 0 Å². The zero-order valence-electron chi connectivity index (χ0n) is 22.5. The molecule has 3 N–H and O–H groups in total. The number of aliphatic hydroxyl groups excluding tert-OH is 1. The molecule has 4 atom stereocenters. The number of nitrogens with one attached hydrogen (secondary N) is 2. The standard InChI is InChI=1S/C27H29ClF6N4O4/c1-25(2,42-20-7-4-15(28)9-19(20)26(29,30)31)24(41)37-16-10-17-5-6-18(11-16)38(17)22-8-3-14(12-35-22)23(40)36-13-21(39)27(32,33)34/h3-4,7-9,12,16-18,21,39H,5-6,10-11,13H2,1-2H3,(H,36,40)(H,37,41)/t16?,17-,18+,21?. The fourth-order valence-electron chi connectivity index (χ4n) is 5.24. The van der Waals surface area contributed by atoms with Gasteiger partial charge in [-0.05, 0) is 69.9 Å². The first-order chi connectivity index (χ1) is 19.5. The first-order valence-electron chi connectivity index (χ1n) is 13.1. The van der Waals surface area contributed by atoms with Crippen LogP contribution in [0.1, 0.15) is 55.5 Å². The molecule has 3 heterocycles. The predicted molar refractivity (Wildman–Crippen MR) is 140 cm³/mol. The Morgan fingerprint density at radius 3 is 2.29 bits per heavy atom. The third-order valence-corrected chi connectivity index (χ3v) is 7.57. The third-order valence-electron chi connectivity index (χ3n) is 7.34. The van der Waals surface area contributed by atoms with E-state index in [1.54, 1.807) is 6.07 Å². The third kappa shape index (κ3) is 7.20. The number of amides is 2. The topological polar surface area (TPSA) is 104 Å². The molecule has 2 aromatic rings. The molecule has 2 unspecified atom stereocenters. The van der Waals surface area contributed by atoms with Crippen LogP contribution in [0.4, 0.5) is 32.2 Å². The van der Waals surface area contributed by atoms with Gasteiger partial charge in [0.15, 0.2) is 11.7 Å².